The van der Waals surface area contributed by atoms with E-state index in [-0.39, 0.29) is 28.9 Å². The zero-order valence-electron chi connectivity index (χ0n) is 14.4. The van der Waals surface area contributed by atoms with E-state index in [1.807, 2.05) is 38.1 Å². The van der Waals surface area contributed by atoms with Crippen molar-refractivity contribution in [1.82, 2.24) is 20.4 Å². The van der Waals surface area contributed by atoms with E-state index >= 15 is 0 Å². The molecule has 1 aromatic carbocycles. The molecule has 0 aliphatic carbocycles. The first kappa shape index (κ1) is 17.4. The van der Waals surface area contributed by atoms with Gasteiger partial charge in [-0.05, 0) is 43.7 Å². The summed E-state index contributed by atoms with van der Waals surface area (Å²) in [5.41, 5.74) is 0.740. The number of H-pyrrole nitrogens is 1. The lowest BCUT2D eigenvalue weighted by Gasteiger charge is -2.10. The Kier molecular flexibility index (Phi) is 5.12. The highest BCUT2D eigenvalue weighted by Crippen LogP contribution is 2.14. The fraction of sp³-hybridized carbons (Fsp3) is 0.222. The highest BCUT2D eigenvalue weighted by atomic mass is 16.5. The van der Waals surface area contributed by atoms with Gasteiger partial charge >= 0.3 is 0 Å². The van der Waals surface area contributed by atoms with Gasteiger partial charge in [-0.15, -0.1) is 0 Å². The average Bonchev–Trinajstić information content (AvgIpc) is 3.11. The molecule has 134 valence electrons. The predicted molar refractivity (Wildman–Crippen MR) is 93.7 cm³/mol. The van der Waals surface area contributed by atoms with Crippen LogP contribution in [0.5, 0.6) is 5.75 Å². The van der Waals surface area contributed by atoms with Crippen LogP contribution in [0.4, 0.5) is 0 Å². The van der Waals surface area contributed by atoms with Crippen LogP contribution in [-0.2, 0) is 6.54 Å². The minimum atomic E-state index is -0.491. The number of carbonyl (C=O) groups is 1. The lowest BCUT2D eigenvalue weighted by atomic mass is 10.2. The Hall–Kier alpha value is -3.42. The summed E-state index contributed by atoms with van der Waals surface area (Å²) in [5.74, 6) is 0.135. The SMILES string of the molecule is CC(C)Oc1ccc(CNC(=O)c2noc(-c3ccc[nH]c3=O)n2)cc1. The molecule has 0 bridgehead atoms. The summed E-state index contributed by atoms with van der Waals surface area (Å²) < 4.78 is 10.6. The summed E-state index contributed by atoms with van der Waals surface area (Å²) in [6, 6.07) is 10.6. The van der Waals surface area contributed by atoms with E-state index in [0.717, 1.165) is 11.3 Å². The van der Waals surface area contributed by atoms with Crippen LogP contribution in [0.15, 0.2) is 51.9 Å². The summed E-state index contributed by atoms with van der Waals surface area (Å²) in [6.45, 7) is 4.21. The number of rotatable bonds is 6. The van der Waals surface area contributed by atoms with Gasteiger partial charge in [0.25, 0.3) is 23.2 Å². The molecule has 0 spiro atoms. The number of carbonyl (C=O) groups excluding carboxylic acids is 1. The lowest BCUT2D eigenvalue weighted by molar-refractivity contribution is 0.0937. The normalized spacial score (nSPS) is 10.7. The molecule has 2 N–H and O–H groups in total. The van der Waals surface area contributed by atoms with E-state index in [4.69, 9.17) is 9.26 Å². The number of aromatic amines is 1. The third-order valence-electron chi connectivity index (χ3n) is 3.43. The van der Waals surface area contributed by atoms with E-state index in [2.05, 4.69) is 20.4 Å². The lowest BCUT2D eigenvalue weighted by Crippen LogP contribution is -2.24. The second-order valence-corrected chi connectivity index (χ2v) is 5.83. The summed E-state index contributed by atoms with van der Waals surface area (Å²) in [4.78, 5) is 30.3. The van der Waals surface area contributed by atoms with Crippen LogP contribution in [0.2, 0.25) is 0 Å². The maximum absolute atomic E-state index is 12.2. The summed E-state index contributed by atoms with van der Waals surface area (Å²) in [5, 5.41) is 6.33. The van der Waals surface area contributed by atoms with E-state index in [9.17, 15) is 9.59 Å². The minimum Gasteiger partial charge on any atom is -0.491 e. The first-order valence-electron chi connectivity index (χ1n) is 8.08. The van der Waals surface area contributed by atoms with Crippen molar-refractivity contribution in [3.05, 3.63) is 64.3 Å². The van der Waals surface area contributed by atoms with Crippen molar-refractivity contribution in [2.24, 2.45) is 0 Å². The maximum Gasteiger partial charge on any atom is 0.292 e. The molecule has 2 aromatic heterocycles. The van der Waals surface area contributed by atoms with Gasteiger partial charge in [0.05, 0.1) is 6.10 Å². The molecule has 2 heterocycles. The Bertz CT molecular complexity index is 944. The summed E-state index contributed by atoms with van der Waals surface area (Å²) >= 11 is 0. The van der Waals surface area contributed by atoms with Crippen molar-refractivity contribution in [2.75, 3.05) is 0 Å². The quantitative estimate of drug-likeness (QED) is 0.702. The molecule has 3 aromatic rings. The third kappa shape index (κ3) is 4.15. The van der Waals surface area contributed by atoms with Crippen molar-refractivity contribution in [1.29, 1.82) is 0 Å². The molecule has 26 heavy (non-hydrogen) atoms. The van der Waals surface area contributed by atoms with E-state index in [0.29, 0.717) is 6.54 Å². The second-order valence-electron chi connectivity index (χ2n) is 5.83. The Labute approximate surface area is 149 Å². The molecule has 0 aliphatic rings. The highest BCUT2D eigenvalue weighted by molar-refractivity contribution is 5.90. The van der Waals surface area contributed by atoms with Gasteiger partial charge in [-0.1, -0.05) is 17.3 Å². The van der Waals surface area contributed by atoms with E-state index in [1.165, 1.54) is 12.3 Å². The molecular weight excluding hydrogens is 336 g/mol. The molecule has 0 atom stereocenters. The molecule has 0 saturated heterocycles. The molecule has 8 heteroatoms. The maximum atomic E-state index is 12.2. The number of hydrogen-bond acceptors (Lipinski definition) is 6. The monoisotopic (exact) mass is 354 g/mol. The Morgan fingerprint density at radius 2 is 2.04 bits per heavy atom. The zero-order chi connectivity index (χ0) is 18.5. The smallest absolute Gasteiger partial charge is 0.292 e. The van der Waals surface area contributed by atoms with E-state index in [1.54, 1.807) is 6.07 Å². The van der Waals surface area contributed by atoms with Crippen LogP contribution in [0.1, 0.15) is 30.0 Å². The van der Waals surface area contributed by atoms with Crippen molar-refractivity contribution >= 4 is 5.91 Å². The predicted octanol–water partition coefficient (Wildman–Crippen LogP) is 2.14. The van der Waals surface area contributed by atoms with Gasteiger partial charge in [-0.25, -0.2) is 0 Å². The van der Waals surface area contributed by atoms with Crippen LogP contribution in [0.25, 0.3) is 11.5 Å². The number of aromatic nitrogens is 3. The number of benzene rings is 1. The van der Waals surface area contributed by atoms with Gasteiger partial charge < -0.3 is 19.6 Å². The zero-order valence-corrected chi connectivity index (χ0v) is 14.4. The van der Waals surface area contributed by atoms with Gasteiger partial charge in [-0.3, -0.25) is 9.59 Å². The fourth-order valence-corrected chi connectivity index (χ4v) is 2.23. The van der Waals surface area contributed by atoms with E-state index < -0.39 is 5.91 Å². The fourth-order valence-electron chi connectivity index (χ4n) is 2.23. The number of ether oxygens (including phenoxy) is 1. The topological polar surface area (TPSA) is 110 Å². The van der Waals surface area contributed by atoms with Gasteiger partial charge in [-0.2, -0.15) is 4.98 Å². The van der Waals surface area contributed by atoms with Crippen LogP contribution in [-0.4, -0.2) is 27.1 Å². The van der Waals surface area contributed by atoms with Crippen molar-refractivity contribution < 1.29 is 14.1 Å². The molecule has 0 radical (unpaired) electrons. The van der Waals surface area contributed by atoms with Crippen LogP contribution >= 0.6 is 0 Å². The standard InChI is InChI=1S/C18H18N4O4/c1-11(2)25-13-7-5-12(6-8-13)10-20-17(24)15-21-18(26-22-15)14-4-3-9-19-16(14)23/h3-9,11H,10H2,1-2H3,(H,19,23)(H,20,24). The Morgan fingerprint density at radius 1 is 1.27 bits per heavy atom. The van der Waals surface area contributed by atoms with Crippen molar-refractivity contribution in [3.8, 4) is 17.2 Å². The molecule has 0 aliphatic heterocycles. The highest BCUT2D eigenvalue weighted by Gasteiger charge is 2.17. The average molecular weight is 354 g/mol. The summed E-state index contributed by atoms with van der Waals surface area (Å²) in [6.07, 6.45) is 1.60. The first-order valence-corrected chi connectivity index (χ1v) is 8.08. The van der Waals surface area contributed by atoms with Gasteiger partial charge in [0.15, 0.2) is 0 Å². The largest absolute Gasteiger partial charge is 0.491 e. The van der Waals surface area contributed by atoms with Gasteiger partial charge in [0.1, 0.15) is 11.3 Å². The second kappa shape index (κ2) is 7.64. The molecule has 1 amide bonds. The van der Waals surface area contributed by atoms with Crippen LogP contribution < -0.4 is 15.6 Å². The minimum absolute atomic E-state index is 0.00723. The number of amides is 1. The number of nitrogens with one attached hydrogen (secondary N) is 2. The van der Waals surface area contributed by atoms with Crippen molar-refractivity contribution in [2.45, 2.75) is 26.5 Å². The van der Waals surface area contributed by atoms with Gasteiger partial charge in [0, 0.05) is 12.7 Å². The molecular formula is C18H18N4O4. The molecule has 0 unspecified atom stereocenters. The Morgan fingerprint density at radius 3 is 2.73 bits per heavy atom. The number of hydrogen-bond donors (Lipinski definition) is 2. The Balaban J connectivity index is 1.62. The molecule has 3 rings (SSSR count). The molecule has 8 nitrogen and oxygen atoms in total. The van der Waals surface area contributed by atoms with Crippen LogP contribution in [0.3, 0.4) is 0 Å². The number of nitrogens with zero attached hydrogens (tertiary/aromatic N) is 2. The number of pyridine rings is 1. The molecule has 0 saturated carbocycles. The summed E-state index contributed by atoms with van der Waals surface area (Å²) in [7, 11) is 0. The van der Waals surface area contributed by atoms with Crippen molar-refractivity contribution in [3.63, 3.8) is 0 Å². The molecule has 0 fully saturated rings. The third-order valence-corrected chi connectivity index (χ3v) is 3.43. The first-order chi connectivity index (χ1) is 12.5. The van der Waals surface area contributed by atoms with Gasteiger partial charge in [0.2, 0.25) is 0 Å². The van der Waals surface area contributed by atoms with Crippen LogP contribution in [0, 0.1) is 0 Å².